The van der Waals surface area contributed by atoms with Crippen molar-refractivity contribution >= 4 is 11.4 Å². The number of aromatic nitrogens is 2. The predicted octanol–water partition coefficient (Wildman–Crippen LogP) is 5.80. The van der Waals surface area contributed by atoms with Gasteiger partial charge in [0.05, 0.1) is 13.3 Å². The zero-order valence-electron chi connectivity index (χ0n) is 23.2. The summed E-state index contributed by atoms with van der Waals surface area (Å²) in [5.74, 6) is 3.43. The summed E-state index contributed by atoms with van der Waals surface area (Å²) in [5, 5.41) is 0. The van der Waals surface area contributed by atoms with E-state index in [1.165, 1.54) is 22.3 Å². The first kappa shape index (κ1) is 26.2. The Kier molecular flexibility index (Phi) is 8.28. The molecule has 0 N–H and O–H groups in total. The van der Waals surface area contributed by atoms with Gasteiger partial charge in [-0.1, -0.05) is 37.6 Å². The number of aryl methyl sites for hydroxylation is 1. The summed E-state index contributed by atoms with van der Waals surface area (Å²) >= 11 is 0. The Bertz CT molecular complexity index is 1260. The molecule has 2 aliphatic rings. The van der Waals surface area contributed by atoms with Crippen molar-refractivity contribution in [3.8, 4) is 11.5 Å². The maximum atomic E-state index is 6.23. The Morgan fingerprint density at radius 3 is 2.55 bits per heavy atom. The quantitative estimate of drug-likeness (QED) is 0.361. The molecule has 1 aliphatic heterocycles. The molecule has 1 aliphatic carbocycles. The van der Waals surface area contributed by atoms with Crippen molar-refractivity contribution in [3.63, 3.8) is 0 Å². The minimum Gasteiger partial charge on any atom is -0.496 e. The average Bonchev–Trinajstić information content (AvgIpc) is 2.94. The lowest BCUT2D eigenvalue weighted by atomic mass is 9.86. The molecule has 38 heavy (non-hydrogen) atoms. The van der Waals surface area contributed by atoms with E-state index in [0.29, 0.717) is 12.5 Å². The number of fused-ring (bicyclic) bond motifs is 1. The Morgan fingerprint density at radius 1 is 0.974 bits per heavy atom. The number of hydrogen-bond acceptors (Lipinski definition) is 6. The first-order valence-corrected chi connectivity index (χ1v) is 13.8. The summed E-state index contributed by atoms with van der Waals surface area (Å²) in [7, 11) is 1.74. The van der Waals surface area contributed by atoms with Crippen molar-refractivity contribution in [3.05, 3.63) is 82.8 Å². The average molecular weight is 513 g/mol. The van der Waals surface area contributed by atoms with Crippen LogP contribution in [0.4, 0.5) is 5.82 Å². The van der Waals surface area contributed by atoms with Gasteiger partial charge in [-0.3, -0.25) is 9.88 Å². The molecule has 6 heteroatoms. The number of hydrogen-bond donors (Lipinski definition) is 0. The molecule has 2 heterocycles. The van der Waals surface area contributed by atoms with E-state index in [4.69, 9.17) is 9.47 Å². The molecular weight excluding hydrogens is 472 g/mol. The number of benzene rings is 2. The van der Waals surface area contributed by atoms with Gasteiger partial charge in [-0.25, -0.2) is 4.98 Å². The van der Waals surface area contributed by atoms with E-state index in [-0.39, 0.29) is 0 Å². The van der Waals surface area contributed by atoms with Crippen LogP contribution in [0, 0.1) is 5.92 Å². The number of nitrogens with zero attached hydrogens (tertiary/aromatic N) is 4. The molecule has 0 amide bonds. The summed E-state index contributed by atoms with van der Waals surface area (Å²) < 4.78 is 11.9. The van der Waals surface area contributed by atoms with Crippen LogP contribution in [0.25, 0.3) is 5.57 Å². The number of piperazine rings is 1. The molecule has 3 aromatic rings. The zero-order valence-corrected chi connectivity index (χ0v) is 23.2. The van der Waals surface area contributed by atoms with Gasteiger partial charge in [-0.15, -0.1) is 0 Å². The van der Waals surface area contributed by atoms with E-state index in [1.807, 2.05) is 6.20 Å². The van der Waals surface area contributed by atoms with E-state index >= 15 is 0 Å². The Balaban J connectivity index is 1.20. The molecule has 1 fully saturated rings. The fourth-order valence-corrected chi connectivity index (χ4v) is 5.62. The van der Waals surface area contributed by atoms with Gasteiger partial charge >= 0.3 is 0 Å². The third kappa shape index (κ3) is 6.18. The standard InChI is InChI=1S/C32H40N4O2/c1-23(2)17-25-5-6-28(31(18-25)37-4)22-38-29-9-10-30-24(3)27(8-7-26(30)19-29)21-35-13-15-36(16-14-35)32-20-33-11-12-34-32/h5-6,9-12,18-20,23H,7-8,13-17,21-22H2,1-4H3. The number of methoxy groups -OCH3 is 1. The van der Waals surface area contributed by atoms with E-state index in [1.54, 1.807) is 25.1 Å². The van der Waals surface area contributed by atoms with E-state index in [2.05, 4.69) is 76.9 Å². The molecule has 0 bridgehead atoms. The van der Waals surface area contributed by atoms with Crippen LogP contribution in [0.2, 0.25) is 0 Å². The number of allylic oxidation sites excluding steroid dienone is 1. The molecule has 6 nitrogen and oxygen atoms in total. The third-order valence-corrected chi connectivity index (χ3v) is 7.76. The maximum absolute atomic E-state index is 6.23. The molecule has 0 radical (unpaired) electrons. The van der Waals surface area contributed by atoms with Gasteiger partial charge < -0.3 is 14.4 Å². The molecule has 200 valence electrons. The lowest BCUT2D eigenvalue weighted by Crippen LogP contribution is -2.47. The van der Waals surface area contributed by atoms with Crippen molar-refractivity contribution in [2.75, 3.05) is 44.7 Å². The van der Waals surface area contributed by atoms with Crippen LogP contribution in [0.3, 0.4) is 0 Å². The summed E-state index contributed by atoms with van der Waals surface area (Å²) in [6, 6.07) is 13.1. The number of ether oxygens (including phenoxy) is 2. The monoisotopic (exact) mass is 512 g/mol. The zero-order chi connectivity index (χ0) is 26.5. The third-order valence-electron chi connectivity index (χ3n) is 7.76. The van der Waals surface area contributed by atoms with Crippen molar-refractivity contribution in [1.82, 2.24) is 14.9 Å². The summed E-state index contributed by atoms with van der Waals surface area (Å²) in [6.45, 7) is 12.4. The lowest BCUT2D eigenvalue weighted by molar-refractivity contribution is 0.275. The second kappa shape index (κ2) is 12.0. The van der Waals surface area contributed by atoms with Gasteiger partial charge in [-0.2, -0.15) is 0 Å². The van der Waals surface area contributed by atoms with E-state index < -0.39 is 0 Å². The minimum absolute atomic E-state index is 0.504. The van der Waals surface area contributed by atoms with Crippen molar-refractivity contribution in [2.24, 2.45) is 5.92 Å². The smallest absolute Gasteiger partial charge is 0.147 e. The van der Waals surface area contributed by atoms with Crippen LogP contribution in [0.5, 0.6) is 11.5 Å². The van der Waals surface area contributed by atoms with Gasteiger partial charge in [0.1, 0.15) is 23.9 Å². The Hall–Kier alpha value is -3.38. The Morgan fingerprint density at radius 2 is 1.82 bits per heavy atom. The highest BCUT2D eigenvalue weighted by Crippen LogP contribution is 2.34. The molecule has 0 saturated carbocycles. The van der Waals surface area contributed by atoms with Gasteiger partial charge in [0.15, 0.2) is 0 Å². The van der Waals surface area contributed by atoms with Gasteiger partial charge in [-0.05, 0) is 72.6 Å². The van der Waals surface area contributed by atoms with Crippen LogP contribution in [-0.4, -0.2) is 54.7 Å². The highest BCUT2D eigenvalue weighted by atomic mass is 16.5. The molecular formula is C32H40N4O2. The topological polar surface area (TPSA) is 50.7 Å². The van der Waals surface area contributed by atoms with Crippen LogP contribution < -0.4 is 14.4 Å². The summed E-state index contributed by atoms with van der Waals surface area (Å²) in [6.07, 6.45) is 8.58. The van der Waals surface area contributed by atoms with Crippen LogP contribution >= 0.6 is 0 Å². The van der Waals surface area contributed by atoms with Crippen LogP contribution in [-0.2, 0) is 19.4 Å². The summed E-state index contributed by atoms with van der Waals surface area (Å²) in [5.41, 5.74) is 8.13. The minimum atomic E-state index is 0.504. The molecule has 0 atom stereocenters. The van der Waals surface area contributed by atoms with Crippen molar-refractivity contribution in [1.29, 1.82) is 0 Å². The van der Waals surface area contributed by atoms with E-state index in [9.17, 15) is 0 Å². The van der Waals surface area contributed by atoms with Crippen LogP contribution in [0.15, 0.2) is 60.6 Å². The second-order valence-corrected chi connectivity index (χ2v) is 10.9. The largest absolute Gasteiger partial charge is 0.496 e. The number of anilines is 1. The molecule has 1 aromatic heterocycles. The number of rotatable bonds is 9. The fraction of sp³-hybridized carbons (Fsp3) is 0.438. The molecule has 5 rings (SSSR count). The second-order valence-electron chi connectivity index (χ2n) is 10.9. The normalized spacial score (nSPS) is 16.1. The molecule has 1 saturated heterocycles. The first-order valence-electron chi connectivity index (χ1n) is 13.8. The van der Waals surface area contributed by atoms with Gasteiger partial charge in [0.25, 0.3) is 0 Å². The first-order chi connectivity index (χ1) is 18.5. The fourth-order valence-electron chi connectivity index (χ4n) is 5.62. The van der Waals surface area contributed by atoms with Gasteiger partial charge in [0.2, 0.25) is 0 Å². The molecule has 0 unspecified atom stereocenters. The molecule has 2 aromatic carbocycles. The highest BCUT2D eigenvalue weighted by Gasteiger charge is 2.22. The van der Waals surface area contributed by atoms with Crippen molar-refractivity contribution < 1.29 is 9.47 Å². The maximum Gasteiger partial charge on any atom is 0.147 e. The highest BCUT2D eigenvalue weighted by molar-refractivity contribution is 5.72. The SMILES string of the molecule is COc1cc(CC(C)C)ccc1COc1ccc2c(c1)CCC(CN1CCN(c3cnccn3)CC1)=C2C. The van der Waals surface area contributed by atoms with Gasteiger partial charge in [0, 0.05) is 50.7 Å². The van der Waals surface area contributed by atoms with Crippen LogP contribution in [0.1, 0.15) is 49.4 Å². The van der Waals surface area contributed by atoms with E-state index in [0.717, 1.165) is 74.9 Å². The lowest BCUT2D eigenvalue weighted by Gasteiger charge is -2.36. The summed E-state index contributed by atoms with van der Waals surface area (Å²) in [4.78, 5) is 13.6. The predicted molar refractivity (Wildman–Crippen MR) is 154 cm³/mol. The van der Waals surface area contributed by atoms with Crippen molar-refractivity contribution in [2.45, 2.75) is 46.6 Å². The Labute approximate surface area is 227 Å². The molecule has 0 spiro atoms.